The first-order valence-electron chi connectivity index (χ1n) is 8.04. The molecule has 1 aromatic carbocycles. The van der Waals surface area contributed by atoms with E-state index in [0.717, 1.165) is 12.8 Å². The van der Waals surface area contributed by atoms with Crippen LogP contribution in [0, 0.1) is 11.7 Å². The molecule has 0 bridgehead atoms. The van der Waals surface area contributed by atoms with E-state index < -0.39 is 17.9 Å². The van der Waals surface area contributed by atoms with Crippen LogP contribution < -0.4 is 0 Å². The molecule has 130 valence electrons. The van der Waals surface area contributed by atoms with Gasteiger partial charge in [-0.1, -0.05) is 0 Å². The molecule has 1 aliphatic heterocycles. The largest absolute Gasteiger partial charge is 0.479 e. The predicted molar refractivity (Wildman–Crippen MR) is 82.1 cm³/mol. The number of carboxylic acids is 1. The fourth-order valence-corrected chi connectivity index (χ4v) is 2.60. The van der Waals surface area contributed by atoms with E-state index in [1.807, 2.05) is 0 Å². The number of morpholine rings is 1. The first-order valence-corrected chi connectivity index (χ1v) is 8.04. The molecule has 2 aliphatic rings. The summed E-state index contributed by atoms with van der Waals surface area (Å²) in [6.45, 7) is 1.21. The maximum Gasteiger partial charge on any atom is 0.334 e. The molecule has 0 aromatic heterocycles. The van der Waals surface area contributed by atoms with Crippen LogP contribution in [0.4, 0.5) is 4.39 Å². The lowest BCUT2D eigenvalue weighted by Gasteiger charge is -2.31. The molecule has 0 radical (unpaired) electrons. The van der Waals surface area contributed by atoms with Crippen molar-refractivity contribution in [3.8, 4) is 0 Å². The molecule has 6 nitrogen and oxygen atoms in total. The van der Waals surface area contributed by atoms with Gasteiger partial charge in [-0.05, 0) is 37.0 Å². The Morgan fingerprint density at radius 1 is 1.38 bits per heavy atom. The average molecular weight is 337 g/mol. The zero-order valence-electron chi connectivity index (χ0n) is 13.2. The van der Waals surface area contributed by atoms with E-state index in [1.54, 1.807) is 0 Å². The van der Waals surface area contributed by atoms with Gasteiger partial charge in [0.2, 0.25) is 0 Å². The second-order valence-corrected chi connectivity index (χ2v) is 6.21. The van der Waals surface area contributed by atoms with Crippen LogP contribution in [0.25, 0.3) is 0 Å². The van der Waals surface area contributed by atoms with E-state index in [4.69, 9.17) is 14.6 Å². The topological polar surface area (TPSA) is 76.1 Å². The number of benzene rings is 1. The Balaban J connectivity index is 1.66. The fourth-order valence-electron chi connectivity index (χ4n) is 2.60. The van der Waals surface area contributed by atoms with Crippen LogP contribution in [-0.4, -0.2) is 54.3 Å². The van der Waals surface area contributed by atoms with Crippen LogP contribution in [0.15, 0.2) is 18.2 Å². The minimum absolute atomic E-state index is 0.0148. The molecule has 24 heavy (non-hydrogen) atoms. The summed E-state index contributed by atoms with van der Waals surface area (Å²) in [5, 5.41) is 9.01. The Morgan fingerprint density at radius 3 is 2.88 bits per heavy atom. The van der Waals surface area contributed by atoms with Crippen molar-refractivity contribution in [2.24, 2.45) is 5.92 Å². The number of carbonyl (C=O) groups is 2. The number of nitrogens with zero attached hydrogens (tertiary/aromatic N) is 1. The number of ether oxygens (including phenoxy) is 2. The molecule has 1 aromatic rings. The van der Waals surface area contributed by atoms with Gasteiger partial charge in [-0.25, -0.2) is 9.18 Å². The molecule has 1 heterocycles. The number of amides is 1. The van der Waals surface area contributed by atoms with E-state index in [-0.39, 0.29) is 25.7 Å². The van der Waals surface area contributed by atoms with Gasteiger partial charge in [-0.15, -0.1) is 0 Å². The van der Waals surface area contributed by atoms with Crippen LogP contribution in [0.2, 0.25) is 0 Å². The Kier molecular flexibility index (Phi) is 5.11. The zero-order chi connectivity index (χ0) is 17.1. The van der Waals surface area contributed by atoms with Gasteiger partial charge in [0, 0.05) is 24.3 Å². The Bertz CT molecular complexity index is 631. The third-order valence-corrected chi connectivity index (χ3v) is 4.23. The molecule has 1 saturated heterocycles. The van der Waals surface area contributed by atoms with E-state index in [1.165, 1.54) is 23.1 Å². The van der Waals surface area contributed by atoms with Crippen molar-refractivity contribution in [3.05, 3.63) is 35.1 Å². The molecule has 1 amide bonds. The number of hydrogen-bond donors (Lipinski definition) is 1. The van der Waals surface area contributed by atoms with Gasteiger partial charge in [-0.3, -0.25) is 4.79 Å². The van der Waals surface area contributed by atoms with Gasteiger partial charge in [0.15, 0.2) is 6.10 Å². The standard InChI is InChI=1S/C17H20FNO5/c18-14-4-3-12(7-13(14)10-23-9-11-1-2-11)16(20)19-5-6-24-15(8-19)17(21)22/h3-4,7,11,15H,1-2,5-6,8-10H2,(H,21,22). The van der Waals surface area contributed by atoms with Crippen LogP contribution in [0.3, 0.4) is 0 Å². The van der Waals surface area contributed by atoms with E-state index in [2.05, 4.69) is 0 Å². The third kappa shape index (κ3) is 4.10. The lowest BCUT2D eigenvalue weighted by atomic mass is 10.1. The highest BCUT2D eigenvalue weighted by Crippen LogP contribution is 2.29. The average Bonchev–Trinajstić information content (AvgIpc) is 3.40. The first kappa shape index (κ1) is 16.9. The number of aliphatic carboxylic acids is 1. The SMILES string of the molecule is O=C(O)C1CN(C(=O)c2ccc(F)c(COCC3CC3)c2)CCO1. The van der Waals surface area contributed by atoms with E-state index >= 15 is 0 Å². The molecule has 1 atom stereocenters. The molecule has 2 fully saturated rings. The van der Waals surface area contributed by atoms with Gasteiger partial charge in [-0.2, -0.15) is 0 Å². The monoisotopic (exact) mass is 337 g/mol. The van der Waals surface area contributed by atoms with E-state index in [0.29, 0.717) is 30.2 Å². The second-order valence-electron chi connectivity index (χ2n) is 6.21. The number of halogens is 1. The quantitative estimate of drug-likeness (QED) is 0.855. The van der Waals surface area contributed by atoms with Crippen LogP contribution in [0.5, 0.6) is 0 Å². The molecule has 1 aliphatic carbocycles. The van der Waals surface area contributed by atoms with Crippen molar-refractivity contribution in [2.45, 2.75) is 25.6 Å². The van der Waals surface area contributed by atoms with Gasteiger partial charge < -0.3 is 19.5 Å². The lowest BCUT2D eigenvalue weighted by Crippen LogP contribution is -2.48. The maximum atomic E-state index is 13.9. The number of carbonyl (C=O) groups excluding carboxylic acids is 1. The Morgan fingerprint density at radius 2 is 2.17 bits per heavy atom. The van der Waals surface area contributed by atoms with Crippen LogP contribution in [0.1, 0.15) is 28.8 Å². The highest BCUT2D eigenvalue weighted by atomic mass is 19.1. The minimum atomic E-state index is -1.10. The summed E-state index contributed by atoms with van der Waals surface area (Å²) in [7, 11) is 0. The summed E-state index contributed by atoms with van der Waals surface area (Å²) in [4.78, 5) is 25.0. The van der Waals surface area contributed by atoms with Crippen molar-refractivity contribution in [2.75, 3.05) is 26.3 Å². The molecule has 3 rings (SSSR count). The lowest BCUT2D eigenvalue weighted by molar-refractivity contribution is -0.154. The summed E-state index contributed by atoms with van der Waals surface area (Å²) in [5.74, 6) is -1.25. The summed E-state index contributed by atoms with van der Waals surface area (Å²) in [6.07, 6.45) is 1.29. The third-order valence-electron chi connectivity index (χ3n) is 4.23. The number of rotatable bonds is 6. The van der Waals surface area contributed by atoms with Gasteiger partial charge in [0.25, 0.3) is 5.91 Å². The van der Waals surface area contributed by atoms with Gasteiger partial charge in [0.1, 0.15) is 5.82 Å². The summed E-state index contributed by atoms with van der Waals surface area (Å²) >= 11 is 0. The molecule has 1 saturated carbocycles. The smallest absolute Gasteiger partial charge is 0.334 e. The first-order chi connectivity index (χ1) is 11.5. The molecule has 1 N–H and O–H groups in total. The molecule has 7 heteroatoms. The Labute approximate surface area is 139 Å². The maximum absolute atomic E-state index is 13.9. The Hall–Kier alpha value is -1.99. The highest BCUT2D eigenvalue weighted by molar-refractivity contribution is 5.94. The van der Waals surface area contributed by atoms with Gasteiger partial charge >= 0.3 is 5.97 Å². The minimum Gasteiger partial charge on any atom is -0.479 e. The van der Waals surface area contributed by atoms with Crippen molar-refractivity contribution in [1.82, 2.24) is 4.90 Å². The van der Waals surface area contributed by atoms with Crippen LogP contribution in [-0.2, 0) is 20.9 Å². The van der Waals surface area contributed by atoms with Crippen molar-refractivity contribution in [3.63, 3.8) is 0 Å². The molecule has 0 spiro atoms. The fraction of sp³-hybridized carbons (Fsp3) is 0.529. The summed E-state index contributed by atoms with van der Waals surface area (Å²) < 4.78 is 24.5. The summed E-state index contributed by atoms with van der Waals surface area (Å²) in [5.41, 5.74) is 0.664. The normalized spacial score (nSPS) is 20.9. The number of carboxylic acid groups (broad SMARTS) is 1. The molecule has 1 unspecified atom stereocenters. The van der Waals surface area contributed by atoms with Gasteiger partial charge in [0.05, 0.1) is 19.8 Å². The zero-order valence-corrected chi connectivity index (χ0v) is 13.2. The predicted octanol–water partition coefficient (Wildman–Crippen LogP) is 1.68. The number of hydrogen-bond acceptors (Lipinski definition) is 4. The van der Waals surface area contributed by atoms with Crippen molar-refractivity contribution < 1.29 is 28.6 Å². The van der Waals surface area contributed by atoms with Crippen LogP contribution >= 0.6 is 0 Å². The van der Waals surface area contributed by atoms with Crippen molar-refractivity contribution >= 4 is 11.9 Å². The highest BCUT2D eigenvalue weighted by Gasteiger charge is 2.29. The summed E-state index contributed by atoms with van der Waals surface area (Å²) in [6, 6.07) is 4.14. The molecular weight excluding hydrogens is 317 g/mol. The van der Waals surface area contributed by atoms with Crippen molar-refractivity contribution in [1.29, 1.82) is 0 Å². The second kappa shape index (κ2) is 7.27. The van der Waals surface area contributed by atoms with E-state index in [9.17, 15) is 14.0 Å². The molecular formula is C17H20FNO5.